The van der Waals surface area contributed by atoms with Crippen molar-refractivity contribution in [1.29, 1.82) is 0 Å². The van der Waals surface area contributed by atoms with E-state index < -0.39 is 5.54 Å². The summed E-state index contributed by atoms with van der Waals surface area (Å²) in [5.41, 5.74) is -0.564. The van der Waals surface area contributed by atoms with Gasteiger partial charge in [0.2, 0.25) is 11.8 Å². The van der Waals surface area contributed by atoms with Crippen molar-refractivity contribution < 1.29 is 9.59 Å². The minimum Gasteiger partial charge on any atom is -0.340 e. The average molecular weight is 236 g/mol. The third-order valence-corrected chi connectivity index (χ3v) is 3.67. The van der Waals surface area contributed by atoms with E-state index in [0.717, 1.165) is 32.1 Å². The van der Waals surface area contributed by atoms with Crippen LogP contribution >= 0.6 is 0 Å². The first-order chi connectivity index (χ1) is 8.18. The highest BCUT2D eigenvalue weighted by molar-refractivity contribution is 5.98. The molecule has 0 bridgehead atoms. The summed E-state index contributed by atoms with van der Waals surface area (Å²) >= 11 is 0. The van der Waals surface area contributed by atoms with Gasteiger partial charge < -0.3 is 10.2 Å². The standard InChI is InChI=1S/C13H20N2O2/c1-2-3-6-9-15-10-11(16)14-13(12(15)17)7-4-5-8-13/h2-3H,4-10H2,1H3,(H,14,16)/b3-2+. The Labute approximate surface area is 102 Å². The zero-order chi connectivity index (χ0) is 12.3. The maximum absolute atomic E-state index is 12.4. The van der Waals surface area contributed by atoms with Crippen LogP contribution in [0.25, 0.3) is 0 Å². The van der Waals surface area contributed by atoms with Crippen molar-refractivity contribution in [1.82, 2.24) is 10.2 Å². The topological polar surface area (TPSA) is 49.4 Å². The van der Waals surface area contributed by atoms with Gasteiger partial charge in [-0.1, -0.05) is 25.0 Å². The monoisotopic (exact) mass is 236 g/mol. The van der Waals surface area contributed by atoms with Crippen LogP contribution in [0.15, 0.2) is 12.2 Å². The van der Waals surface area contributed by atoms with Gasteiger partial charge >= 0.3 is 0 Å². The lowest BCUT2D eigenvalue weighted by Gasteiger charge is -2.39. The number of piperazine rings is 1. The maximum atomic E-state index is 12.4. The molecule has 1 N–H and O–H groups in total. The SMILES string of the molecule is C/C=C/CCN1CC(=O)NC2(CCCC2)C1=O. The van der Waals surface area contributed by atoms with E-state index in [-0.39, 0.29) is 18.4 Å². The lowest BCUT2D eigenvalue weighted by Crippen LogP contribution is -2.65. The van der Waals surface area contributed by atoms with Crippen LogP contribution in [0.4, 0.5) is 0 Å². The Kier molecular flexibility index (Phi) is 3.50. The molecule has 94 valence electrons. The molecule has 1 saturated heterocycles. The van der Waals surface area contributed by atoms with Crippen molar-refractivity contribution in [3.8, 4) is 0 Å². The Morgan fingerprint density at radius 3 is 2.71 bits per heavy atom. The zero-order valence-corrected chi connectivity index (χ0v) is 10.4. The number of hydrogen-bond acceptors (Lipinski definition) is 2. The molecule has 1 spiro atoms. The Bertz CT molecular complexity index is 343. The van der Waals surface area contributed by atoms with Gasteiger partial charge in [-0.2, -0.15) is 0 Å². The average Bonchev–Trinajstić information content (AvgIpc) is 2.75. The molecule has 2 fully saturated rings. The van der Waals surface area contributed by atoms with Gasteiger partial charge in [0.1, 0.15) is 5.54 Å². The molecule has 0 radical (unpaired) electrons. The summed E-state index contributed by atoms with van der Waals surface area (Å²) in [5.74, 6) is 0.117. The Hall–Kier alpha value is -1.32. The molecule has 0 aromatic carbocycles. The summed E-state index contributed by atoms with van der Waals surface area (Å²) in [4.78, 5) is 25.8. The quantitative estimate of drug-likeness (QED) is 0.749. The van der Waals surface area contributed by atoms with Crippen LogP contribution in [0.5, 0.6) is 0 Å². The molecule has 1 heterocycles. The van der Waals surface area contributed by atoms with Crippen molar-refractivity contribution >= 4 is 11.8 Å². The normalized spacial score (nSPS) is 23.7. The number of nitrogens with zero attached hydrogens (tertiary/aromatic N) is 1. The molecule has 1 aliphatic carbocycles. The number of amides is 2. The van der Waals surface area contributed by atoms with Gasteiger partial charge in [0.25, 0.3) is 0 Å². The Morgan fingerprint density at radius 2 is 2.06 bits per heavy atom. The third-order valence-electron chi connectivity index (χ3n) is 3.67. The number of carbonyl (C=O) groups is 2. The van der Waals surface area contributed by atoms with Crippen molar-refractivity contribution in [2.45, 2.75) is 44.6 Å². The molecule has 1 aliphatic heterocycles. The summed E-state index contributed by atoms with van der Waals surface area (Å²) in [7, 11) is 0. The summed E-state index contributed by atoms with van der Waals surface area (Å²) in [6.45, 7) is 2.83. The van der Waals surface area contributed by atoms with E-state index in [4.69, 9.17) is 0 Å². The minimum absolute atomic E-state index is 0.00743. The lowest BCUT2D eigenvalue weighted by atomic mass is 9.93. The number of carbonyl (C=O) groups excluding carboxylic acids is 2. The smallest absolute Gasteiger partial charge is 0.248 e. The molecular weight excluding hydrogens is 216 g/mol. The van der Waals surface area contributed by atoms with Crippen LogP contribution in [0.1, 0.15) is 39.0 Å². The Balaban J connectivity index is 2.06. The molecule has 4 heteroatoms. The largest absolute Gasteiger partial charge is 0.340 e. The summed E-state index contributed by atoms with van der Waals surface area (Å²) < 4.78 is 0. The number of nitrogens with one attached hydrogen (secondary N) is 1. The third kappa shape index (κ3) is 2.35. The molecule has 2 aliphatic rings. The molecule has 0 unspecified atom stereocenters. The fraction of sp³-hybridized carbons (Fsp3) is 0.692. The van der Waals surface area contributed by atoms with E-state index in [0.29, 0.717) is 6.54 Å². The van der Waals surface area contributed by atoms with Gasteiger partial charge in [0, 0.05) is 6.54 Å². The van der Waals surface area contributed by atoms with E-state index in [1.54, 1.807) is 4.90 Å². The maximum Gasteiger partial charge on any atom is 0.248 e. The van der Waals surface area contributed by atoms with Crippen LogP contribution < -0.4 is 5.32 Å². The highest BCUT2D eigenvalue weighted by atomic mass is 16.2. The first-order valence-electron chi connectivity index (χ1n) is 6.39. The van der Waals surface area contributed by atoms with Crippen molar-refractivity contribution in [3.05, 3.63) is 12.2 Å². The molecule has 1 saturated carbocycles. The van der Waals surface area contributed by atoms with Crippen molar-refractivity contribution in [2.75, 3.05) is 13.1 Å². The second kappa shape index (κ2) is 4.90. The molecule has 0 aromatic rings. The Morgan fingerprint density at radius 1 is 1.35 bits per heavy atom. The highest BCUT2D eigenvalue weighted by Crippen LogP contribution is 2.33. The number of allylic oxidation sites excluding steroid dienone is 1. The van der Waals surface area contributed by atoms with Gasteiger partial charge in [0.15, 0.2) is 0 Å². The minimum atomic E-state index is -0.564. The molecule has 2 amide bonds. The van der Waals surface area contributed by atoms with Gasteiger partial charge in [-0.15, -0.1) is 0 Å². The molecule has 17 heavy (non-hydrogen) atoms. The second-order valence-electron chi connectivity index (χ2n) is 4.92. The predicted octanol–water partition coefficient (Wildman–Crippen LogP) is 1.22. The fourth-order valence-electron chi connectivity index (χ4n) is 2.80. The molecular formula is C13H20N2O2. The van der Waals surface area contributed by atoms with Gasteiger partial charge in [-0.3, -0.25) is 9.59 Å². The first-order valence-corrected chi connectivity index (χ1v) is 6.39. The van der Waals surface area contributed by atoms with Crippen LogP contribution in [-0.2, 0) is 9.59 Å². The van der Waals surface area contributed by atoms with E-state index in [1.807, 2.05) is 19.1 Å². The summed E-state index contributed by atoms with van der Waals surface area (Å²) in [6, 6.07) is 0. The number of rotatable bonds is 3. The van der Waals surface area contributed by atoms with Gasteiger partial charge in [-0.05, 0) is 26.2 Å². The molecule has 0 atom stereocenters. The summed E-state index contributed by atoms with van der Waals surface area (Å²) in [6.07, 6.45) is 8.51. The first kappa shape index (κ1) is 12.1. The van der Waals surface area contributed by atoms with Crippen molar-refractivity contribution in [3.63, 3.8) is 0 Å². The van der Waals surface area contributed by atoms with Gasteiger partial charge in [0.05, 0.1) is 6.54 Å². The van der Waals surface area contributed by atoms with Crippen molar-refractivity contribution in [2.24, 2.45) is 0 Å². The number of hydrogen-bond donors (Lipinski definition) is 1. The van der Waals surface area contributed by atoms with Gasteiger partial charge in [-0.25, -0.2) is 0 Å². The van der Waals surface area contributed by atoms with E-state index >= 15 is 0 Å². The lowest BCUT2D eigenvalue weighted by molar-refractivity contribution is -0.149. The van der Waals surface area contributed by atoms with E-state index in [1.165, 1.54) is 0 Å². The van der Waals surface area contributed by atoms with Crippen LogP contribution in [0.3, 0.4) is 0 Å². The van der Waals surface area contributed by atoms with Crippen LogP contribution in [0, 0.1) is 0 Å². The second-order valence-corrected chi connectivity index (χ2v) is 4.92. The molecule has 0 aromatic heterocycles. The fourth-order valence-corrected chi connectivity index (χ4v) is 2.80. The molecule has 4 nitrogen and oxygen atoms in total. The molecule has 2 rings (SSSR count). The zero-order valence-electron chi connectivity index (χ0n) is 10.4. The highest BCUT2D eigenvalue weighted by Gasteiger charge is 2.47. The van der Waals surface area contributed by atoms with E-state index in [9.17, 15) is 9.59 Å². The van der Waals surface area contributed by atoms with Crippen LogP contribution in [0.2, 0.25) is 0 Å². The van der Waals surface area contributed by atoms with E-state index in [2.05, 4.69) is 5.32 Å². The van der Waals surface area contributed by atoms with Crippen LogP contribution in [-0.4, -0.2) is 35.3 Å². The summed E-state index contributed by atoms with van der Waals surface area (Å²) in [5, 5.41) is 2.91. The predicted molar refractivity (Wildman–Crippen MR) is 65.4 cm³/mol.